The highest BCUT2D eigenvalue weighted by Crippen LogP contribution is 2.34. The largest absolute Gasteiger partial charge is 0.496 e. The zero-order valence-corrected chi connectivity index (χ0v) is 23.8. The van der Waals surface area contributed by atoms with Gasteiger partial charge in [0.2, 0.25) is 11.8 Å². The molecule has 0 bridgehead atoms. The van der Waals surface area contributed by atoms with Gasteiger partial charge < -0.3 is 25.6 Å². The summed E-state index contributed by atoms with van der Waals surface area (Å²) < 4.78 is 5.45. The SMILES string of the molecule is COc1cc(Cl)ccc1C[C@@H](C)C(=O)N1CCN(c2ccc(Cl)cc2[C@@H](NC(=O)[C@@H](C)N)C(C)C)CC1. The predicted octanol–water partition coefficient (Wildman–Crippen LogP) is 4.69. The van der Waals surface area contributed by atoms with Crippen LogP contribution in [0.1, 0.15) is 44.9 Å². The lowest BCUT2D eigenvalue weighted by Crippen LogP contribution is -2.51. The summed E-state index contributed by atoms with van der Waals surface area (Å²) in [6.07, 6.45) is 0.579. The molecule has 1 aliphatic rings. The van der Waals surface area contributed by atoms with Crippen LogP contribution in [0.4, 0.5) is 5.69 Å². The van der Waals surface area contributed by atoms with Crippen LogP contribution in [0.15, 0.2) is 36.4 Å². The van der Waals surface area contributed by atoms with Crippen molar-refractivity contribution in [1.29, 1.82) is 0 Å². The Bertz CT molecular complexity index is 1100. The molecule has 2 aromatic carbocycles. The summed E-state index contributed by atoms with van der Waals surface area (Å²) in [6, 6.07) is 10.5. The second kappa shape index (κ2) is 12.9. The van der Waals surface area contributed by atoms with Gasteiger partial charge in [-0.05, 0) is 60.7 Å². The van der Waals surface area contributed by atoms with E-state index in [4.69, 9.17) is 33.7 Å². The molecule has 0 unspecified atom stereocenters. The molecule has 3 N–H and O–H groups in total. The number of halogens is 2. The fourth-order valence-corrected chi connectivity index (χ4v) is 5.08. The third kappa shape index (κ3) is 7.30. The van der Waals surface area contributed by atoms with Crippen molar-refractivity contribution >= 4 is 40.7 Å². The molecule has 9 heteroatoms. The first-order valence-corrected chi connectivity index (χ1v) is 13.5. The van der Waals surface area contributed by atoms with Gasteiger partial charge in [0.1, 0.15) is 5.75 Å². The van der Waals surface area contributed by atoms with Gasteiger partial charge in [-0.1, -0.05) is 50.0 Å². The summed E-state index contributed by atoms with van der Waals surface area (Å²) in [4.78, 5) is 29.9. The molecular formula is C28H38Cl2N4O3. The van der Waals surface area contributed by atoms with Gasteiger partial charge in [0.05, 0.1) is 19.2 Å². The van der Waals surface area contributed by atoms with Gasteiger partial charge in [0, 0.05) is 47.8 Å². The van der Waals surface area contributed by atoms with Crippen LogP contribution in [0, 0.1) is 11.8 Å². The number of methoxy groups -OCH3 is 1. The van der Waals surface area contributed by atoms with Crippen LogP contribution in [-0.2, 0) is 16.0 Å². The normalized spacial score (nSPS) is 16.4. The van der Waals surface area contributed by atoms with Gasteiger partial charge in [-0.25, -0.2) is 0 Å². The number of amides is 2. The molecule has 37 heavy (non-hydrogen) atoms. The van der Waals surface area contributed by atoms with Crippen LogP contribution in [0.3, 0.4) is 0 Å². The number of nitrogens with one attached hydrogen (secondary N) is 1. The Kier molecular flexibility index (Phi) is 10.1. The van der Waals surface area contributed by atoms with Gasteiger partial charge in [0.15, 0.2) is 0 Å². The van der Waals surface area contributed by atoms with Gasteiger partial charge in [-0.2, -0.15) is 0 Å². The van der Waals surface area contributed by atoms with E-state index in [1.165, 1.54) is 0 Å². The zero-order valence-electron chi connectivity index (χ0n) is 22.3. The first-order chi connectivity index (χ1) is 17.5. The Hall–Kier alpha value is -2.48. The summed E-state index contributed by atoms with van der Waals surface area (Å²) in [6.45, 7) is 10.3. The molecule has 1 heterocycles. The third-order valence-electron chi connectivity index (χ3n) is 6.83. The quantitative estimate of drug-likeness (QED) is 0.474. The number of anilines is 1. The summed E-state index contributed by atoms with van der Waals surface area (Å²) >= 11 is 12.5. The average Bonchev–Trinajstić information content (AvgIpc) is 2.87. The third-order valence-corrected chi connectivity index (χ3v) is 7.30. The first-order valence-electron chi connectivity index (χ1n) is 12.7. The molecular weight excluding hydrogens is 511 g/mol. The smallest absolute Gasteiger partial charge is 0.237 e. The topological polar surface area (TPSA) is 87.9 Å². The van der Waals surface area contributed by atoms with Crippen molar-refractivity contribution in [2.75, 3.05) is 38.2 Å². The molecule has 3 rings (SSSR count). The summed E-state index contributed by atoms with van der Waals surface area (Å²) in [5.41, 5.74) is 8.75. The number of benzene rings is 2. The summed E-state index contributed by atoms with van der Waals surface area (Å²) in [5, 5.41) is 4.30. The van der Waals surface area contributed by atoms with E-state index in [9.17, 15) is 9.59 Å². The second-order valence-electron chi connectivity index (χ2n) is 10.1. The molecule has 2 aromatic rings. The highest BCUT2D eigenvalue weighted by molar-refractivity contribution is 6.31. The highest BCUT2D eigenvalue weighted by Gasteiger charge is 2.29. The molecule has 0 saturated carbocycles. The minimum atomic E-state index is -0.603. The molecule has 0 aliphatic carbocycles. The van der Waals surface area contributed by atoms with Crippen molar-refractivity contribution in [3.8, 4) is 5.75 Å². The Labute approximate surface area is 230 Å². The molecule has 3 atom stereocenters. The van der Waals surface area contributed by atoms with Crippen LogP contribution in [0.2, 0.25) is 10.0 Å². The van der Waals surface area contributed by atoms with Crippen LogP contribution >= 0.6 is 23.2 Å². The molecule has 0 spiro atoms. The minimum Gasteiger partial charge on any atom is -0.496 e. The molecule has 7 nitrogen and oxygen atoms in total. The lowest BCUT2D eigenvalue weighted by Gasteiger charge is -2.39. The minimum absolute atomic E-state index is 0.122. The van der Waals surface area contributed by atoms with E-state index in [1.807, 2.05) is 42.2 Å². The Balaban J connectivity index is 1.71. The standard InChI is InChI=1S/C28H38Cl2N4O3/c1-17(2)26(32-27(35)19(4)31)23-15-21(29)8-9-24(23)33-10-12-34(13-11-33)28(36)18(3)14-20-6-7-22(30)16-25(20)37-5/h6-9,15-19,26H,10-14,31H2,1-5H3,(H,32,35)/t18-,19-,26+/m1/s1. The number of carbonyl (C=O) groups excluding carboxylic acids is 2. The number of nitrogens with two attached hydrogens (primary N) is 1. The Morgan fingerprint density at radius 3 is 2.22 bits per heavy atom. The van der Waals surface area contributed by atoms with Crippen LogP contribution < -0.4 is 20.7 Å². The van der Waals surface area contributed by atoms with E-state index in [1.54, 1.807) is 20.1 Å². The number of carbonyl (C=O) groups is 2. The summed E-state index contributed by atoms with van der Waals surface area (Å²) in [5.74, 6) is 0.562. The van der Waals surface area contributed by atoms with E-state index < -0.39 is 6.04 Å². The monoisotopic (exact) mass is 548 g/mol. The van der Waals surface area contributed by atoms with Crippen molar-refractivity contribution in [1.82, 2.24) is 10.2 Å². The molecule has 1 saturated heterocycles. The molecule has 2 amide bonds. The van der Waals surface area contributed by atoms with Gasteiger partial charge in [-0.3, -0.25) is 9.59 Å². The number of ether oxygens (including phenoxy) is 1. The number of hydrogen-bond acceptors (Lipinski definition) is 5. The average molecular weight is 550 g/mol. The molecule has 0 aromatic heterocycles. The van der Waals surface area contributed by atoms with Crippen molar-refractivity contribution in [3.05, 3.63) is 57.6 Å². The van der Waals surface area contributed by atoms with Crippen LogP contribution in [0.25, 0.3) is 0 Å². The van der Waals surface area contributed by atoms with Crippen molar-refractivity contribution in [2.45, 2.75) is 46.2 Å². The maximum absolute atomic E-state index is 13.3. The van der Waals surface area contributed by atoms with E-state index in [0.29, 0.717) is 48.4 Å². The highest BCUT2D eigenvalue weighted by atomic mass is 35.5. The summed E-state index contributed by atoms with van der Waals surface area (Å²) in [7, 11) is 1.61. The fourth-order valence-electron chi connectivity index (χ4n) is 4.73. The maximum atomic E-state index is 13.3. The first kappa shape index (κ1) is 29.1. The van der Waals surface area contributed by atoms with Crippen molar-refractivity contribution in [2.24, 2.45) is 17.6 Å². The van der Waals surface area contributed by atoms with E-state index in [0.717, 1.165) is 16.8 Å². The zero-order chi connectivity index (χ0) is 27.3. The van der Waals surface area contributed by atoms with Crippen molar-refractivity contribution in [3.63, 3.8) is 0 Å². The number of hydrogen-bond donors (Lipinski definition) is 2. The lowest BCUT2D eigenvalue weighted by molar-refractivity contribution is -0.135. The predicted molar refractivity (Wildman–Crippen MR) is 150 cm³/mol. The van der Waals surface area contributed by atoms with E-state index in [2.05, 4.69) is 24.1 Å². The van der Waals surface area contributed by atoms with Gasteiger partial charge in [-0.15, -0.1) is 0 Å². The van der Waals surface area contributed by atoms with Crippen LogP contribution in [-0.4, -0.2) is 56.0 Å². The lowest BCUT2D eigenvalue weighted by atomic mass is 9.93. The molecule has 202 valence electrons. The second-order valence-corrected chi connectivity index (χ2v) is 11.0. The maximum Gasteiger partial charge on any atom is 0.237 e. The van der Waals surface area contributed by atoms with Crippen molar-refractivity contribution < 1.29 is 14.3 Å². The number of nitrogens with zero attached hydrogens (tertiary/aromatic N) is 2. The molecule has 0 radical (unpaired) electrons. The Morgan fingerprint density at radius 2 is 1.62 bits per heavy atom. The Morgan fingerprint density at radius 1 is 1.00 bits per heavy atom. The van der Waals surface area contributed by atoms with Crippen LogP contribution in [0.5, 0.6) is 5.75 Å². The van der Waals surface area contributed by atoms with E-state index >= 15 is 0 Å². The molecule has 1 fully saturated rings. The number of rotatable bonds is 9. The van der Waals surface area contributed by atoms with Gasteiger partial charge in [0.25, 0.3) is 0 Å². The van der Waals surface area contributed by atoms with Gasteiger partial charge >= 0.3 is 0 Å². The number of piperazine rings is 1. The molecule has 1 aliphatic heterocycles. The fraction of sp³-hybridized carbons (Fsp3) is 0.500. The van der Waals surface area contributed by atoms with E-state index in [-0.39, 0.29) is 29.7 Å².